The van der Waals surface area contributed by atoms with Gasteiger partial charge >= 0.3 is 5.63 Å². The number of para-hydroxylation sites is 1. The number of ether oxygens (including phenoxy) is 1. The zero-order chi connectivity index (χ0) is 21.7. The number of hydrogen-bond acceptors (Lipinski definition) is 5. The van der Waals surface area contributed by atoms with Crippen molar-refractivity contribution in [3.05, 3.63) is 109 Å². The van der Waals surface area contributed by atoms with Crippen LogP contribution < -0.4 is 15.9 Å². The van der Waals surface area contributed by atoms with Crippen LogP contribution in [0, 0.1) is 6.92 Å². The van der Waals surface area contributed by atoms with E-state index in [0.717, 1.165) is 0 Å². The average Bonchev–Trinajstić information content (AvgIpc) is 2.76. The van der Waals surface area contributed by atoms with E-state index in [1.165, 1.54) is 4.57 Å². The van der Waals surface area contributed by atoms with E-state index in [1.807, 2.05) is 12.1 Å². The van der Waals surface area contributed by atoms with Crippen LogP contribution in [0.25, 0.3) is 11.0 Å². The number of benzene rings is 2. The number of hydrogen-bond donors (Lipinski definition) is 0. The molecule has 1 unspecified atom stereocenters. The molecule has 154 valence electrons. The lowest BCUT2D eigenvalue weighted by atomic mass is 9.84. The van der Waals surface area contributed by atoms with E-state index in [0.29, 0.717) is 33.1 Å². The molecule has 2 aromatic carbocycles. The van der Waals surface area contributed by atoms with Crippen LogP contribution in [0.5, 0.6) is 11.6 Å². The zero-order valence-electron chi connectivity index (χ0n) is 16.6. The quantitative estimate of drug-likeness (QED) is 0.303. The Kier molecular flexibility index (Phi) is 4.52. The summed E-state index contributed by atoms with van der Waals surface area (Å²) in [5, 5.41) is 1.18. The fourth-order valence-corrected chi connectivity index (χ4v) is 4.17. The van der Waals surface area contributed by atoms with Crippen LogP contribution in [0.2, 0.25) is 5.02 Å². The van der Waals surface area contributed by atoms with Crippen molar-refractivity contribution in [3.63, 3.8) is 0 Å². The second-order valence-corrected chi connectivity index (χ2v) is 7.73. The van der Waals surface area contributed by atoms with Crippen molar-refractivity contribution in [2.24, 2.45) is 0 Å². The summed E-state index contributed by atoms with van der Waals surface area (Å²) in [5.41, 5.74) is 0.813. The molecule has 0 spiro atoms. The fourth-order valence-electron chi connectivity index (χ4n) is 4.04. The predicted octanol–water partition coefficient (Wildman–Crippen LogP) is 4.78. The topological polar surface area (TPSA) is 74.3 Å². The summed E-state index contributed by atoms with van der Waals surface area (Å²) in [7, 11) is 0. The Balaban J connectivity index is 1.90. The molecule has 4 aromatic rings. The Morgan fingerprint density at radius 3 is 2.61 bits per heavy atom. The summed E-state index contributed by atoms with van der Waals surface area (Å²) >= 11 is 6.08. The van der Waals surface area contributed by atoms with E-state index in [-0.39, 0.29) is 29.1 Å². The number of aryl methyl sites for hydroxylation is 1. The third-order valence-corrected chi connectivity index (χ3v) is 5.70. The molecule has 1 atom stereocenters. The first-order valence-electron chi connectivity index (χ1n) is 9.71. The van der Waals surface area contributed by atoms with Gasteiger partial charge < -0.3 is 9.15 Å². The van der Waals surface area contributed by atoms with Crippen molar-refractivity contribution in [3.8, 4) is 11.6 Å². The van der Waals surface area contributed by atoms with Crippen molar-refractivity contribution >= 4 is 22.6 Å². The second-order valence-electron chi connectivity index (χ2n) is 7.30. The molecule has 0 N–H and O–H groups in total. The predicted molar refractivity (Wildman–Crippen MR) is 118 cm³/mol. The maximum atomic E-state index is 13.5. The molecule has 1 aliphatic rings. The van der Waals surface area contributed by atoms with Crippen LogP contribution in [0.15, 0.2) is 75.2 Å². The summed E-state index contributed by atoms with van der Waals surface area (Å²) in [5.74, 6) is 0.320. The van der Waals surface area contributed by atoms with E-state index in [9.17, 15) is 9.59 Å². The molecule has 31 heavy (non-hydrogen) atoms. The minimum absolute atomic E-state index is 0.186. The van der Waals surface area contributed by atoms with Gasteiger partial charge in [-0.1, -0.05) is 41.9 Å². The molecule has 0 fully saturated rings. The monoisotopic (exact) mass is 432 g/mol. The van der Waals surface area contributed by atoms with Crippen molar-refractivity contribution in [1.29, 1.82) is 0 Å². The number of nitrogens with zero attached hydrogens (tertiary/aromatic N) is 2. The highest BCUT2D eigenvalue weighted by Crippen LogP contribution is 2.46. The second kappa shape index (κ2) is 7.25. The van der Waals surface area contributed by atoms with Gasteiger partial charge in [-0.15, -0.1) is 6.58 Å². The smallest absolute Gasteiger partial charge is 0.344 e. The zero-order valence-corrected chi connectivity index (χ0v) is 17.3. The molecule has 2 aromatic heterocycles. The lowest BCUT2D eigenvalue weighted by Gasteiger charge is -2.28. The van der Waals surface area contributed by atoms with E-state index in [1.54, 1.807) is 49.4 Å². The number of halogens is 1. The van der Waals surface area contributed by atoms with Crippen LogP contribution in [0.3, 0.4) is 0 Å². The molecule has 7 heteroatoms. The number of rotatable bonds is 3. The van der Waals surface area contributed by atoms with Gasteiger partial charge in [0.2, 0.25) is 5.88 Å². The summed E-state index contributed by atoms with van der Waals surface area (Å²) in [6.45, 7) is 5.75. The van der Waals surface area contributed by atoms with Gasteiger partial charge in [0.25, 0.3) is 5.56 Å². The van der Waals surface area contributed by atoms with Gasteiger partial charge in [-0.05, 0) is 36.8 Å². The molecule has 0 saturated heterocycles. The first-order chi connectivity index (χ1) is 15.0. The lowest BCUT2D eigenvalue weighted by Crippen LogP contribution is -2.33. The van der Waals surface area contributed by atoms with Gasteiger partial charge in [-0.3, -0.25) is 9.36 Å². The number of aromatic nitrogens is 2. The molecule has 0 saturated carbocycles. The third kappa shape index (κ3) is 2.99. The van der Waals surface area contributed by atoms with E-state index in [2.05, 4.69) is 11.6 Å². The molecule has 0 aliphatic carbocycles. The molecule has 3 heterocycles. The van der Waals surface area contributed by atoms with Crippen LogP contribution >= 0.6 is 11.6 Å². The molecular formula is C24H17ClN2O4. The fraction of sp³-hybridized carbons (Fsp3) is 0.125. The molecule has 0 bridgehead atoms. The molecular weight excluding hydrogens is 416 g/mol. The van der Waals surface area contributed by atoms with Crippen LogP contribution in [0.4, 0.5) is 0 Å². The first kappa shape index (κ1) is 19.3. The van der Waals surface area contributed by atoms with Crippen molar-refractivity contribution < 1.29 is 9.15 Å². The highest BCUT2D eigenvalue weighted by molar-refractivity contribution is 6.30. The van der Waals surface area contributed by atoms with E-state index < -0.39 is 11.5 Å². The summed E-state index contributed by atoms with van der Waals surface area (Å²) in [6.07, 6.45) is 1.62. The van der Waals surface area contributed by atoms with Gasteiger partial charge in [0.05, 0.1) is 22.4 Å². The molecule has 0 amide bonds. The highest BCUT2D eigenvalue weighted by Gasteiger charge is 2.37. The SMILES string of the molecule is C=CCn1c(C)nc2c(c1=O)C(c1ccc(Cl)cc1)c1c(c3ccccc3oc1=O)O2. The first-order valence-corrected chi connectivity index (χ1v) is 10.1. The third-order valence-electron chi connectivity index (χ3n) is 5.45. The average molecular weight is 433 g/mol. The van der Waals surface area contributed by atoms with Crippen molar-refractivity contribution in [2.45, 2.75) is 19.4 Å². The van der Waals surface area contributed by atoms with Gasteiger partial charge in [0.15, 0.2) is 5.75 Å². The Hall–Kier alpha value is -3.64. The van der Waals surface area contributed by atoms with Gasteiger partial charge in [-0.25, -0.2) is 4.79 Å². The Labute approximate surface area is 182 Å². The maximum Gasteiger partial charge on any atom is 0.344 e. The standard InChI is InChI=1S/C24H17ClN2O4/c1-3-12-27-13(2)26-22-20(23(27)28)18(14-8-10-15(25)11-9-14)19-21(31-22)16-6-4-5-7-17(16)30-24(19)29/h3-11,18H,1,12H2,2H3. The largest absolute Gasteiger partial charge is 0.437 e. The van der Waals surface area contributed by atoms with Gasteiger partial charge in [-0.2, -0.15) is 4.98 Å². The van der Waals surface area contributed by atoms with Crippen LogP contribution in [-0.4, -0.2) is 9.55 Å². The highest BCUT2D eigenvalue weighted by atomic mass is 35.5. The number of allylic oxidation sites excluding steroid dienone is 1. The van der Waals surface area contributed by atoms with E-state index in [4.69, 9.17) is 20.8 Å². The summed E-state index contributed by atoms with van der Waals surface area (Å²) < 4.78 is 13.2. The summed E-state index contributed by atoms with van der Waals surface area (Å²) in [6, 6.07) is 14.1. The summed E-state index contributed by atoms with van der Waals surface area (Å²) in [4.78, 5) is 31.2. The molecule has 0 radical (unpaired) electrons. The maximum absolute atomic E-state index is 13.5. The minimum Gasteiger partial charge on any atom is -0.437 e. The molecule has 6 nitrogen and oxygen atoms in total. The van der Waals surface area contributed by atoms with Gasteiger partial charge in [0, 0.05) is 11.6 Å². The Morgan fingerprint density at radius 2 is 1.87 bits per heavy atom. The van der Waals surface area contributed by atoms with Crippen molar-refractivity contribution in [2.75, 3.05) is 0 Å². The van der Waals surface area contributed by atoms with Crippen LogP contribution in [-0.2, 0) is 6.54 Å². The normalized spacial score (nSPS) is 14.6. The minimum atomic E-state index is -0.714. The van der Waals surface area contributed by atoms with Gasteiger partial charge in [0.1, 0.15) is 11.4 Å². The Bertz CT molecular complexity index is 1470. The lowest BCUT2D eigenvalue weighted by molar-refractivity contribution is 0.414. The molecule has 5 rings (SSSR count). The van der Waals surface area contributed by atoms with Crippen LogP contribution in [0.1, 0.15) is 28.4 Å². The number of fused-ring (bicyclic) bond motifs is 4. The molecule has 1 aliphatic heterocycles. The Morgan fingerprint density at radius 1 is 1.13 bits per heavy atom. The van der Waals surface area contributed by atoms with E-state index >= 15 is 0 Å². The van der Waals surface area contributed by atoms with Crippen molar-refractivity contribution in [1.82, 2.24) is 9.55 Å².